The first-order chi connectivity index (χ1) is 15.0. The van der Waals surface area contributed by atoms with Gasteiger partial charge < -0.3 is 14.5 Å². The maximum atomic E-state index is 12.6. The van der Waals surface area contributed by atoms with E-state index in [1.54, 1.807) is 12.1 Å². The quantitative estimate of drug-likeness (QED) is 0.446. The number of furan rings is 1. The van der Waals surface area contributed by atoms with Crippen LogP contribution in [0.5, 0.6) is 5.75 Å². The summed E-state index contributed by atoms with van der Waals surface area (Å²) in [4.78, 5) is 12.6. The van der Waals surface area contributed by atoms with E-state index in [9.17, 15) is 4.79 Å². The van der Waals surface area contributed by atoms with Crippen LogP contribution >= 0.6 is 0 Å². The van der Waals surface area contributed by atoms with Crippen molar-refractivity contribution in [1.29, 1.82) is 0 Å². The lowest BCUT2D eigenvalue weighted by Crippen LogP contribution is -2.12. The number of benzene rings is 2. The number of nitrogens with zero attached hydrogens (tertiary/aromatic N) is 2. The van der Waals surface area contributed by atoms with Gasteiger partial charge in [0.1, 0.15) is 18.1 Å². The standard InChI is InChI=1S/C25H25N3O3/c1-17-11-18(2)13-22(12-17)30-16-21-9-10-23(31-21)25(29)26-24-14-19(3)28(27-24)15-20-7-5-4-6-8-20/h4-14H,15-16H2,1-3H3,(H,26,27,29). The number of hydrogen-bond acceptors (Lipinski definition) is 4. The number of aromatic nitrogens is 2. The van der Waals surface area contributed by atoms with Gasteiger partial charge in [-0.1, -0.05) is 36.4 Å². The summed E-state index contributed by atoms with van der Waals surface area (Å²) in [5.41, 5.74) is 4.38. The Bertz CT molecular complexity index is 1170. The maximum Gasteiger partial charge on any atom is 0.292 e. The summed E-state index contributed by atoms with van der Waals surface area (Å²) in [6.07, 6.45) is 0. The molecule has 2 heterocycles. The predicted octanol–water partition coefficient (Wildman–Crippen LogP) is 5.28. The molecule has 6 nitrogen and oxygen atoms in total. The molecular weight excluding hydrogens is 390 g/mol. The lowest BCUT2D eigenvalue weighted by molar-refractivity contribution is 0.0992. The Morgan fingerprint density at radius 1 is 1.00 bits per heavy atom. The van der Waals surface area contributed by atoms with Gasteiger partial charge in [0.05, 0.1) is 6.54 Å². The third kappa shape index (κ3) is 5.22. The minimum atomic E-state index is -0.345. The number of carbonyl (C=O) groups excluding carboxylic acids is 1. The number of amides is 1. The Morgan fingerprint density at radius 2 is 1.74 bits per heavy atom. The van der Waals surface area contributed by atoms with E-state index >= 15 is 0 Å². The van der Waals surface area contributed by atoms with E-state index in [1.807, 2.05) is 74.0 Å². The zero-order chi connectivity index (χ0) is 21.8. The number of ether oxygens (including phenoxy) is 1. The van der Waals surface area contributed by atoms with Gasteiger partial charge in [0.2, 0.25) is 0 Å². The van der Waals surface area contributed by atoms with Crippen molar-refractivity contribution in [3.63, 3.8) is 0 Å². The van der Waals surface area contributed by atoms with E-state index in [0.717, 1.165) is 28.1 Å². The summed E-state index contributed by atoms with van der Waals surface area (Å²) < 4.78 is 13.3. The summed E-state index contributed by atoms with van der Waals surface area (Å²) in [7, 11) is 0. The number of aryl methyl sites for hydroxylation is 3. The minimum absolute atomic E-state index is 0.217. The molecule has 2 aromatic heterocycles. The van der Waals surface area contributed by atoms with Crippen molar-refractivity contribution in [1.82, 2.24) is 9.78 Å². The first-order valence-electron chi connectivity index (χ1n) is 10.2. The van der Waals surface area contributed by atoms with Crippen LogP contribution < -0.4 is 10.1 Å². The summed E-state index contributed by atoms with van der Waals surface area (Å²) in [5.74, 6) is 1.72. The van der Waals surface area contributed by atoms with E-state index in [0.29, 0.717) is 18.1 Å². The fourth-order valence-electron chi connectivity index (χ4n) is 3.41. The smallest absolute Gasteiger partial charge is 0.292 e. The van der Waals surface area contributed by atoms with E-state index < -0.39 is 0 Å². The van der Waals surface area contributed by atoms with Crippen LogP contribution in [-0.2, 0) is 13.2 Å². The van der Waals surface area contributed by atoms with Crippen LogP contribution in [0.15, 0.2) is 71.1 Å². The van der Waals surface area contributed by atoms with Crippen LogP contribution in [-0.4, -0.2) is 15.7 Å². The highest BCUT2D eigenvalue weighted by molar-refractivity contribution is 6.01. The van der Waals surface area contributed by atoms with Gasteiger partial charge in [0.25, 0.3) is 5.91 Å². The average molecular weight is 415 g/mol. The fraction of sp³-hybridized carbons (Fsp3) is 0.200. The number of nitrogens with one attached hydrogen (secondary N) is 1. The van der Waals surface area contributed by atoms with Gasteiger partial charge in [-0.3, -0.25) is 9.48 Å². The largest absolute Gasteiger partial charge is 0.486 e. The van der Waals surface area contributed by atoms with Crippen molar-refractivity contribution in [3.8, 4) is 5.75 Å². The summed E-state index contributed by atoms with van der Waals surface area (Å²) in [6.45, 7) is 6.90. The van der Waals surface area contributed by atoms with E-state index in [-0.39, 0.29) is 18.3 Å². The lowest BCUT2D eigenvalue weighted by atomic mass is 10.1. The van der Waals surface area contributed by atoms with Gasteiger partial charge in [-0.25, -0.2) is 0 Å². The first-order valence-corrected chi connectivity index (χ1v) is 10.2. The molecule has 0 atom stereocenters. The maximum absolute atomic E-state index is 12.6. The second kappa shape index (κ2) is 8.92. The summed E-state index contributed by atoms with van der Waals surface area (Å²) in [5, 5.41) is 7.29. The molecular formula is C25H25N3O3. The molecule has 4 aromatic rings. The second-order valence-electron chi connectivity index (χ2n) is 7.65. The molecule has 0 aliphatic heterocycles. The highest BCUT2D eigenvalue weighted by Gasteiger charge is 2.14. The minimum Gasteiger partial charge on any atom is -0.486 e. The van der Waals surface area contributed by atoms with Crippen LogP contribution in [0, 0.1) is 20.8 Å². The van der Waals surface area contributed by atoms with Gasteiger partial charge in [-0.15, -0.1) is 0 Å². The molecule has 0 fully saturated rings. The van der Waals surface area contributed by atoms with E-state index in [2.05, 4.69) is 16.5 Å². The number of anilines is 1. The molecule has 6 heteroatoms. The molecule has 0 unspecified atom stereocenters. The molecule has 0 spiro atoms. The highest BCUT2D eigenvalue weighted by atomic mass is 16.5. The van der Waals surface area contributed by atoms with Crippen molar-refractivity contribution >= 4 is 11.7 Å². The monoisotopic (exact) mass is 415 g/mol. The molecule has 1 amide bonds. The predicted molar refractivity (Wildman–Crippen MR) is 119 cm³/mol. The van der Waals surface area contributed by atoms with Crippen LogP contribution in [0.1, 0.15) is 38.7 Å². The molecule has 158 valence electrons. The lowest BCUT2D eigenvalue weighted by Gasteiger charge is -2.06. The highest BCUT2D eigenvalue weighted by Crippen LogP contribution is 2.19. The van der Waals surface area contributed by atoms with Crippen molar-refractivity contribution in [2.24, 2.45) is 0 Å². The average Bonchev–Trinajstić information content (AvgIpc) is 3.33. The molecule has 0 saturated heterocycles. The Balaban J connectivity index is 1.37. The van der Waals surface area contributed by atoms with Gasteiger partial charge >= 0.3 is 0 Å². The van der Waals surface area contributed by atoms with Crippen molar-refractivity contribution in [2.45, 2.75) is 33.9 Å². The zero-order valence-electron chi connectivity index (χ0n) is 17.9. The van der Waals surface area contributed by atoms with Crippen LogP contribution in [0.2, 0.25) is 0 Å². The van der Waals surface area contributed by atoms with Crippen molar-refractivity contribution < 1.29 is 13.9 Å². The van der Waals surface area contributed by atoms with Crippen LogP contribution in [0.25, 0.3) is 0 Å². The fourth-order valence-corrected chi connectivity index (χ4v) is 3.41. The molecule has 0 bridgehead atoms. The number of carbonyl (C=O) groups is 1. The normalized spacial score (nSPS) is 10.8. The first kappa shape index (κ1) is 20.5. The second-order valence-corrected chi connectivity index (χ2v) is 7.65. The Kier molecular flexibility index (Phi) is 5.89. The molecule has 4 rings (SSSR count). The summed E-state index contributed by atoms with van der Waals surface area (Å²) in [6, 6.07) is 21.3. The molecule has 0 aliphatic carbocycles. The Labute approximate surface area is 181 Å². The third-order valence-electron chi connectivity index (χ3n) is 4.86. The molecule has 0 radical (unpaired) electrons. The summed E-state index contributed by atoms with van der Waals surface area (Å²) >= 11 is 0. The Hall–Kier alpha value is -3.80. The van der Waals surface area contributed by atoms with Crippen molar-refractivity contribution in [3.05, 3.63) is 101 Å². The third-order valence-corrected chi connectivity index (χ3v) is 4.86. The molecule has 2 aromatic carbocycles. The van der Waals surface area contributed by atoms with Gasteiger partial charge in [0, 0.05) is 11.8 Å². The number of rotatable bonds is 7. The molecule has 31 heavy (non-hydrogen) atoms. The molecule has 0 aliphatic rings. The van der Waals surface area contributed by atoms with Gasteiger partial charge in [0.15, 0.2) is 11.6 Å². The molecule has 0 saturated carbocycles. The van der Waals surface area contributed by atoms with Crippen LogP contribution in [0.3, 0.4) is 0 Å². The topological polar surface area (TPSA) is 69.3 Å². The van der Waals surface area contributed by atoms with Gasteiger partial charge in [-0.05, 0) is 61.7 Å². The Morgan fingerprint density at radius 3 is 2.48 bits per heavy atom. The van der Waals surface area contributed by atoms with E-state index in [4.69, 9.17) is 9.15 Å². The van der Waals surface area contributed by atoms with Crippen LogP contribution in [0.4, 0.5) is 5.82 Å². The zero-order valence-corrected chi connectivity index (χ0v) is 17.9. The van der Waals surface area contributed by atoms with E-state index in [1.165, 1.54) is 0 Å². The SMILES string of the molecule is Cc1cc(C)cc(OCc2ccc(C(=O)Nc3cc(C)n(Cc4ccccc4)n3)o2)c1. The number of hydrogen-bond donors (Lipinski definition) is 1. The molecule has 1 N–H and O–H groups in total. The van der Waals surface area contributed by atoms with Crippen molar-refractivity contribution in [2.75, 3.05) is 5.32 Å². The van der Waals surface area contributed by atoms with Gasteiger partial charge in [-0.2, -0.15) is 5.10 Å².